The molecule has 0 saturated carbocycles. The van der Waals surface area contributed by atoms with E-state index < -0.39 is 18.3 Å². The molecule has 7 rings (SSSR count). The summed E-state index contributed by atoms with van der Waals surface area (Å²) in [6.07, 6.45) is 0. The highest BCUT2D eigenvalue weighted by atomic mass is 16.7. The number of nitrogens with zero attached hydrogens (tertiary/aromatic N) is 1. The lowest BCUT2D eigenvalue weighted by atomic mass is 9.76. The van der Waals surface area contributed by atoms with Crippen LogP contribution in [0.3, 0.4) is 0 Å². The van der Waals surface area contributed by atoms with Crippen molar-refractivity contribution in [2.75, 3.05) is 0 Å². The van der Waals surface area contributed by atoms with Crippen LogP contribution in [0.15, 0.2) is 121 Å². The molecular weight excluding hydrogens is 489 g/mol. The number of hydrogen-bond acceptors (Lipinski definition) is 2. The lowest BCUT2D eigenvalue weighted by molar-refractivity contribution is 0.00578. The van der Waals surface area contributed by atoms with Gasteiger partial charge in [-0.1, -0.05) is 91.0 Å². The van der Waals surface area contributed by atoms with Gasteiger partial charge in [-0.05, 0) is 85.7 Å². The Labute approximate surface area is 236 Å². The van der Waals surface area contributed by atoms with Crippen LogP contribution in [0.2, 0.25) is 0 Å². The molecule has 1 aliphatic heterocycles. The molecule has 4 heteroatoms. The molecule has 0 amide bonds. The zero-order chi connectivity index (χ0) is 27.5. The van der Waals surface area contributed by atoms with Gasteiger partial charge in [0.2, 0.25) is 0 Å². The van der Waals surface area contributed by atoms with Crippen LogP contribution in [0.25, 0.3) is 49.7 Å². The molecule has 0 spiro atoms. The monoisotopic (exact) mass is 521 g/mol. The number of fused-ring (bicyclic) bond motifs is 3. The van der Waals surface area contributed by atoms with Gasteiger partial charge in [-0.15, -0.1) is 0 Å². The highest BCUT2D eigenvalue weighted by Gasteiger charge is 2.52. The smallest absolute Gasteiger partial charge is 0.399 e. The van der Waals surface area contributed by atoms with Gasteiger partial charge in [0, 0.05) is 16.5 Å². The number of aromatic nitrogens is 1. The summed E-state index contributed by atoms with van der Waals surface area (Å²) in [5.74, 6) is 0. The number of benzene rings is 5. The van der Waals surface area contributed by atoms with Gasteiger partial charge < -0.3 is 13.9 Å². The highest BCUT2D eigenvalue weighted by molar-refractivity contribution is 6.66. The van der Waals surface area contributed by atoms with Crippen LogP contribution >= 0.6 is 0 Å². The zero-order valence-corrected chi connectivity index (χ0v) is 23.4. The van der Waals surface area contributed by atoms with E-state index >= 15 is 0 Å². The second-order valence-corrected chi connectivity index (χ2v) is 11.7. The lowest BCUT2D eigenvalue weighted by Gasteiger charge is -2.32. The molecule has 0 N–H and O–H groups in total. The summed E-state index contributed by atoms with van der Waals surface area (Å²) in [5, 5.41) is 2.35. The van der Waals surface area contributed by atoms with Gasteiger partial charge in [0.25, 0.3) is 0 Å². The van der Waals surface area contributed by atoms with Crippen LogP contribution in [-0.4, -0.2) is 22.9 Å². The summed E-state index contributed by atoms with van der Waals surface area (Å²) in [6, 6.07) is 43.2. The van der Waals surface area contributed by atoms with Crippen LogP contribution in [0.1, 0.15) is 27.7 Å². The van der Waals surface area contributed by atoms with Crippen molar-refractivity contribution < 1.29 is 9.31 Å². The Morgan fingerprint density at radius 3 is 1.75 bits per heavy atom. The zero-order valence-electron chi connectivity index (χ0n) is 23.4. The summed E-state index contributed by atoms with van der Waals surface area (Å²) < 4.78 is 15.5. The van der Waals surface area contributed by atoms with Gasteiger partial charge in [0.1, 0.15) is 0 Å². The topological polar surface area (TPSA) is 23.4 Å². The molecule has 0 unspecified atom stereocenters. The van der Waals surface area contributed by atoms with Crippen molar-refractivity contribution in [2.45, 2.75) is 38.9 Å². The van der Waals surface area contributed by atoms with E-state index in [1.807, 2.05) is 0 Å². The molecule has 0 atom stereocenters. The molecule has 1 fully saturated rings. The largest absolute Gasteiger partial charge is 0.495 e. The van der Waals surface area contributed by atoms with Gasteiger partial charge in [0.15, 0.2) is 0 Å². The molecule has 1 aliphatic rings. The molecule has 0 radical (unpaired) electrons. The van der Waals surface area contributed by atoms with Crippen molar-refractivity contribution in [3.05, 3.63) is 121 Å². The van der Waals surface area contributed by atoms with Crippen molar-refractivity contribution in [3.63, 3.8) is 0 Å². The van der Waals surface area contributed by atoms with Crippen molar-refractivity contribution in [1.82, 2.24) is 4.57 Å². The SMILES string of the molecule is CC1(C)OB(c2cccc3c2c2cc(-c4ccccc4)ccc2n3-c2cccc(-c3ccccc3)c2)OC1(C)C. The second-order valence-electron chi connectivity index (χ2n) is 11.7. The molecule has 40 heavy (non-hydrogen) atoms. The molecule has 0 bridgehead atoms. The fourth-order valence-electron chi connectivity index (χ4n) is 5.81. The first kappa shape index (κ1) is 24.9. The first-order chi connectivity index (χ1) is 19.3. The van der Waals surface area contributed by atoms with Gasteiger partial charge >= 0.3 is 7.12 Å². The van der Waals surface area contributed by atoms with Gasteiger partial charge in [-0.3, -0.25) is 0 Å². The third-order valence-electron chi connectivity index (χ3n) is 8.65. The summed E-state index contributed by atoms with van der Waals surface area (Å²) in [7, 11) is -0.455. The third-order valence-corrected chi connectivity index (χ3v) is 8.65. The number of hydrogen-bond donors (Lipinski definition) is 0. The summed E-state index contributed by atoms with van der Waals surface area (Å²) in [4.78, 5) is 0. The van der Waals surface area contributed by atoms with Gasteiger partial charge in [-0.25, -0.2) is 0 Å². The maximum Gasteiger partial charge on any atom is 0.495 e. The average molecular weight is 521 g/mol. The summed E-state index contributed by atoms with van der Waals surface area (Å²) in [6.45, 7) is 8.44. The van der Waals surface area contributed by atoms with E-state index in [4.69, 9.17) is 9.31 Å². The fourth-order valence-corrected chi connectivity index (χ4v) is 5.81. The van der Waals surface area contributed by atoms with Gasteiger partial charge in [0.05, 0.1) is 22.2 Å². The van der Waals surface area contributed by atoms with Crippen molar-refractivity contribution in [1.29, 1.82) is 0 Å². The van der Waals surface area contributed by atoms with E-state index in [1.54, 1.807) is 0 Å². The average Bonchev–Trinajstić information content (AvgIpc) is 3.42. The van der Waals surface area contributed by atoms with E-state index in [9.17, 15) is 0 Å². The predicted molar refractivity (Wildman–Crippen MR) is 167 cm³/mol. The Balaban J connectivity index is 1.50. The molecule has 5 aromatic carbocycles. The van der Waals surface area contributed by atoms with E-state index in [-0.39, 0.29) is 0 Å². The first-order valence-corrected chi connectivity index (χ1v) is 14.0. The molecular formula is C36H32BNO2. The van der Waals surface area contributed by atoms with Gasteiger partial charge in [-0.2, -0.15) is 0 Å². The summed E-state index contributed by atoms with van der Waals surface area (Å²) >= 11 is 0. The minimum Gasteiger partial charge on any atom is -0.399 e. The fraction of sp³-hybridized carbons (Fsp3) is 0.167. The van der Waals surface area contributed by atoms with Crippen LogP contribution in [0.5, 0.6) is 0 Å². The maximum absolute atomic E-state index is 6.58. The molecule has 2 heterocycles. The minimum atomic E-state index is -0.455. The molecule has 3 nitrogen and oxygen atoms in total. The van der Waals surface area contributed by atoms with Crippen LogP contribution < -0.4 is 5.46 Å². The molecule has 6 aromatic rings. The van der Waals surface area contributed by atoms with E-state index in [2.05, 4.69) is 154 Å². The predicted octanol–water partition coefficient (Wildman–Crippen LogP) is 8.42. The molecule has 1 saturated heterocycles. The quantitative estimate of drug-likeness (QED) is 0.218. The Morgan fingerprint density at radius 1 is 0.525 bits per heavy atom. The Bertz CT molecular complexity index is 1840. The van der Waals surface area contributed by atoms with Crippen LogP contribution in [0, 0.1) is 0 Å². The highest BCUT2D eigenvalue weighted by Crippen LogP contribution is 2.39. The standard InChI is InChI=1S/C36H32BNO2/c1-35(2)36(3,4)40-37(39-35)31-19-12-20-33-34(31)30-24-28(26-15-9-6-10-16-26)21-22-32(30)38(33)29-18-11-17-27(23-29)25-13-7-5-8-14-25/h5-24H,1-4H3. The minimum absolute atomic E-state index is 0.419. The van der Waals surface area contributed by atoms with E-state index in [0.29, 0.717) is 0 Å². The van der Waals surface area contributed by atoms with Crippen molar-refractivity contribution in [2.24, 2.45) is 0 Å². The van der Waals surface area contributed by atoms with Crippen molar-refractivity contribution in [3.8, 4) is 27.9 Å². The Morgan fingerprint density at radius 2 is 1.10 bits per heavy atom. The maximum atomic E-state index is 6.58. The Hall–Kier alpha value is -4.12. The lowest BCUT2D eigenvalue weighted by Crippen LogP contribution is -2.41. The van der Waals surface area contributed by atoms with E-state index in [1.165, 1.54) is 33.0 Å². The normalized spacial score (nSPS) is 16.1. The first-order valence-electron chi connectivity index (χ1n) is 14.0. The van der Waals surface area contributed by atoms with Crippen LogP contribution in [0.4, 0.5) is 0 Å². The molecule has 1 aromatic heterocycles. The van der Waals surface area contributed by atoms with Crippen molar-refractivity contribution >= 4 is 34.4 Å². The second kappa shape index (κ2) is 9.23. The van der Waals surface area contributed by atoms with Crippen LogP contribution in [-0.2, 0) is 9.31 Å². The summed E-state index contributed by atoms with van der Waals surface area (Å²) in [5.41, 5.74) is 8.42. The molecule has 196 valence electrons. The number of rotatable bonds is 4. The van der Waals surface area contributed by atoms with E-state index in [0.717, 1.165) is 22.2 Å². The molecule has 0 aliphatic carbocycles. The third kappa shape index (κ3) is 3.99. The Kier molecular flexibility index (Phi) is 5.74.